The van der Waals surface area contributed by atoms with Crippen molar-refractivity contribution in [3.63, 3.8) is 0 Å². The van der Waals surface area contributed by atoms with E-state index < -0.39 is 6.10 Å². The molecule has 2 atom stereocenters. The van der Waals surface area contributed by atoms with Crippen LogP contribution in [0.4, 0.5) is 0 Å². The Balaban J connectivity index is 4.38. The van der Waals surface area contributed by atoms with Crippen molar-refractivity contribution in [2.45, 2.75) is 215 Å². The van der Waals surface area contributed by atoms with E-state index in [0.717, 1.165) is 75.5 Å². The fourth-order valence-corrected chi connectivity index (χ4v) is 5.79. The second-order valence-electron chi connectivity index (χ2n) is 15.1. The van der Waals surface area contributed by atoms with Crippen LogP contribution >= 0.6 is 0 Å². The number of esters is 3. The molecule has 0 heterocycles. The van der Waals surface area contributed by atoms with Gasteiger partial charge >= 0.3 is 17.9 Å². The molecular weight excluding hydrogens is 588 g/mol. The summed E-state index contributed by atoms with van der Waals surface area (Å²) in [5.74, 6) is 1.48. The lowest BCUT2D eigenvalue weighted by molar-refractivity contribution is -0.167. The van der Waals surface area contributed by atoms with Crippen LogP contribution in [0.25, 0.3) is 0 Å². The van der Waals surface area contributed by atoms with E-state index >= 15 is 0 Å². The fraction of sp³-hybridized carbons (Fsp3) is 0.927. The van der Waals surface area contributed by atoms with Gasteiger partial charge in [0.05, 0.1) is 0 Å². The highest BCUT2D eigenvalue weighted by Crippen LogP contribution is 2.16. The van der Waals surface area contributed by atoms with Gasteiger partial charge in [-0.3, -0.25) is 14.4 Å². The maximum absolute atomic E-state index is 12.6. The van der Waals surface area contributed by atoms with Crippen molar-refractivity contribution in [3.8, 4) is 0 Å². The second kappa shape index (κ2) is 32.9. The smallest absolute Gasteiger partial charge is 0.306 e. The second-order valence-corrected chi connectivity index (χ2v) is 15.1. The van der Waals surface area contributed by atoms with Crippen molar-refractivity contribution in [3.05, 3.63) is 0 Å². The number of hydrogen-bond donors (Lipinski definition) is 0. The zero-order chi connectivity index (χ0) is 35.0. The molecule has 0 spiro atoms. The molecule has 0 aromatic carbocycles. The summed E-state index contributed by atoms with van der Waals surface area (Å²) in [6.07, 6.45) is 26.8. The molecule has 0 saturated heterocycles. The number of ether oxygens (including phenoxy) is 3. The molecule has 0 radical (unpaired) electrons. The Bertz CT molecular complexity index is 733. The van der Waals surface area contributed by atoms with E-state index in [1.807, 2.05) is 0 Å². The summed E-state index contributed by atoms with van der Waals surface area (Å²) in [5, 5.41) is 0. The van der Waals surface area contributed by atoms with Crippen molar-refractivity contribution < 1.29 is 28.6 Å². The molecule has 1 unspecified atom stereocenters. The quantitative estimate of drug-likeness (QED) is 0.0386. The largest absolute Gasteiger partial charge is 0.462 e. The Morgan fingerprint density at radius 1 is 0.426 bits per heavy atom. The highest BCUT2D eigenvalue weighted by molar-refractivity contribution is 5.71. The average molecular weight is 667 g/mol. The van der Waals surface area contributed by atoms with Crippen LogP contribution < -0.4 is 0 Å². The van der Waals surface area contributed by atoms with Crippen molar-refractivity contribution in [2.24, 2.45) is 17.8 Å². The van der Waals surface area contributed by atoms with E-state index in [2.05, 4.69) is 41.5 Å². The van der Waals surface area contributed by atoms with Gasteiger partial charge in [-0.05, 0) is 37.0 Å². The Morgan fingerprint density at radius 3 is 1.11 bits per heavy atom. The van der Waals surface area contributed by atoms with E-state index in [0.29, 0.717) is 19.3 Å². The molecular formula is C41H78O6. The van der Waals surface area contributed by atoms with Gasteiger partial charge in [0.2, 0.25) is 0 Å². The van der Waals surface area contributed by atoms with Gasteiger partial charge in [0.1, 0.15) is 13.2 Å². The predicted octanol–water partition coefficient (Wildman–Crippen LogP) is 12.1. The van der Waals surface area contributed by atoms with E-state index in [1.165, 1.54) is 89.9 Å². The molecule has 0 aliphatic heterocycles. The molecule has 6 nitrogen and oxygen atoms in total. The first-order valence-corrected chi connectivity index (χ1v) is 20.1. The van der Waals surface area contributed by atoms with Gasteiger partial charge in [0.15, 0.2) is 6.10 Å². The van der Waals surface area contributed by atoms with Crippen LogP contribution in [0.3, 0.4) is 0 Å². The SMILES string of the molecule is CCC(C)CCCCCCCCC(=O)OC[C@@H](COC(=O)CCCCCCCCCC(C)C)OC(=O)CCCCCCCCC(C)C. The molecule has 0 aromatic heterocycles. The third-order valence-electron chi connectivity index (χ3n) is 9.26. The van der Waals surface area contributed by atoms with Crippen molar-refractivity contribution in [1.29, 1.82) is 0 Å². The third kappa shape index (κ3) is 34.1. The summed E-state index contributed by atoms with van der Waals surface area (Å²) >= 11 is 0. The lowest BCUT2D eigenvalue weighted by atomic mass is 10.00. The molecule has 0 bridgehead atoms. The summed E-state index contributed by atoms with van der Waals surface area (Å²) in [6.45, 7) is 13.5. The summed E-state index contributed by atoms with van der Waals surface area (Å²) < 4.78 is 16.6. The minimum atomic E-state index is -0.761. The van der Waals surface area contributed by atoms with Crippen LogP contribution in [0.2, 0.25) is 0 Å². The number of carbonyl (C=O) groups excluding carboxylic acids is 3. The van der Waals surface area contributed by atoms with Crippen LogP contribution in [-0.2, 0) is 28.6 Å². The van der Waals surface area contributed by atoms with Gasteiger partial charge in [-0.1, -0.05) is 170 Å². The zero-order valence-electron chi connectivity index (χ0n) is 32.1. The fourth-order valence-electron chi connectivity index (χ4n) is 5.79. The number of hydrogen-bond acceptors (Lipinski definition) is 6. The van der Waals surface area contributed by atoms with Gasteiger partial charge in [0.25, 0.3) is 0 Å². The molecule has 0 saturated carbocycles. The lowest BCUT2D eigenvalue weighted by Crippen LogP contribution is -2.30. The first-order valence-electron chi connectivity index (χ1n) is 20.1. The zero-order valence-corrected chi connectivity index (χ0v) is 32.1. The van der Waals surface area contributed by atoms with Gasteiger partial charge < -0.3 is 14.2 Å². The molecule has 0 aliphatic rings. The summed E-state index contributed by atoms with van der Waals surface area (Å²) in [6, 6.07) is 0. The van der Waals surface area contributed by atoms with E-state index in [-0.39, 0.29) is 31.1 Å². The van der Waals surface area contributed by atoms with Gasteiger partial charge in [-0.25, -0.2) is 0 Å². The van der Waals surface area contributed by atoms with Crippen LogP contribution in [0.1, 0.15) is 208 Å². The van der Waals surface area contributed by atoms with E-state index in [9.17, 15) is 14.4 Å². The normalized spacial score (nSPS) is 12.8. The Labute approximate surface area is 291 Å². The maximum Gasteiger partial charge on any atom is 0.306 e. The lowest BCUT2D eigenvalue weighted by Gasteiger charge is -2.18. The standard InChI is InChI=1S/C41H78O6/c1-7-37(6)29-23-17-12-14-19-25-31-40(43)46-34-38(47-41(44)32-26-20-13-11-16-22-28-36(4)5)33-45-39(42)30-24-18-10-8-9-15-21-27-35(2)3/h35-38H,7-34H2,1-6H3/t37?,38-/m1/s1. The first kappa shape index (κ1) is 45.4. The average Bonchev–Trinajstić information content (AvgIpc) is 3.03. The van der Waals surface area contributed by atoms with E-state index in [1.54, 1.807) is 0 Å². The molecule has 0 aliphatic carbocycles. The Kier molecular flexibility index (Phi) is 31.8. The molecule has 0 amide bonds. The number of rotatable bonds is 34. The van der Waals surface area contributed by atoms with Gasteiger partial charge in [-0.2, -0.15) is 0 Å². The Morgan fingerprint density at radius 2 is 0.745 bits per heavy atom. The van der Waals surface area contributed by atoms with Crippen LogP contribution in [-0.4, -0.2) is 37.2 Å². The minimum Gasteiger partial charge on any atom is -0.462 e. The molecule has 0 aromatic rings. The highest BCUT2D eigenvalue weighted by Gasteiger charge is 2.19. The molecule has 47 heavy (non-hydrogen) atoms. The predicted molar refractivity (Wildman–Crippen MR) is 196 cm³/mol. The molecule has 0 fully saturated rings. The summed E-state index contributed by atoms with van der Waals surface area (Å²) in [5.41, 5.74) is 0. The highest BCUT2D eigenvalue weighted by atomic mass is 16.6. The van der Waals surface area contributed by atoms with E-state index in [4.69, 9.17) is 14.2 Å². The molecule has 0 rings (SSSR count). The minimum absolute atomic E-state index is 0.0692. The summed E-state index contributed by atoms with van der Waals surface area (Å²) in [7, 11) is 0. The molecule has 278 valence electrons. The van der Waals surface area contributed by atoms with Crippen LogP contribution in [0.15, 0.2) is 0 Å². The number of unbranched alkanes of at least 4 members (excludes halogenated alkanes) is 16. The van der Waals surface area contributed by atoms with Gasteiger partial charge in [0, 0.05) is 19.3 Å². The van der Waals surface area contributed by atoms with Crippen molar-refractivity contribution >= 4 is 17.9 Å². The van der Waals surface area contributed by atoms with Crippen LogP contribution in [0.5, 0.6) is 0 Å². The summed E-state index contributed by atoms with van der Waals surface area (Å²) in [4.78, 5) is 37.4. The molecule has 0 N–H and O–H groups in total. The number of carbonyl (C=O) groups is 3. The maximum atomic E-state index is 12.6. The molecule has 6 heteroatoms. The topological polar surface area (TPSA) is 78.9 Å². The van der Waals surface area contributed by atoms with Gasteiger partial charge in [-0.15, -0.1) is 0 Å². The van der Waals surface area contributed by atoms with Crippen molar-refractivity contribution in [1.82, 2.24) is 0 Å². The van der Waals surface area contributed by atoms with Crippen LogP contribution in [0, 0.1) is 17.8 Å². The monoisotopic (exact) mass is 667 g/mol. The van der Waals surface area contributed by atoms with Crippen molar-refractivity contribution in [2.75, 3.05) is 13.2 Å². The Hall–Kier alpha value is -1.59. The third-order valence-corrected chi connectivity index (χ3v) is 9.26. The first-order chi connectivity index (χ1) is 22.6.